The highest BCUT2D eigenvalue weighted by atomic mass is 32.2. The number of methoxy groups -OCH3 is 2. The van der Waals surface area contributed by atoms with Gasteiger partial charge in [-0.2, -0.15) is 0 Å². The molecule has 2 heterocycles. The Labute approximate surface area is 251 Å². The summed E-state index contributed by atoms with van der Waals surface area (Å²) in [6.45, 7) is 7.15. The molecule has 2 amide bonds. The van der Waals surface area contributed by atoms with Crippen molar-refractivity contribution in [2.45, 2.75) is 44.1 Å². The van der Waals surface area contributed by atoms with Crippen LogP contribution in [0.15, 0.2) is 65.7 Å². The summed E-state index contributed by atoms with van der Waals surface area (Å²) in [5, 5.41) is 1.83. The molecule has 5 rings (SSSR count). The van der Waals surface area contributed by atoms with Gasteiger partial charge in [-0.3, -0.25) is 4.79 Å². The fourth-order valence-electron chi connectivity index (χ4n) is 5.42. The maximum absolute atomic E-state index is 14.2. The average Bonchev–Trinajstić information content (AvgIpc) is 3.15. The Kier molecular flexibility index (Phi) is 8.29. The monoisotopic (exact) mass is 607 g/mol. The van der Waals surface area contributed by atoms with E-state index >= 15 is 0 Å². The molecule has 3 aromatic carbocycles. The maximum atomic E-state index is 14.2. The summed E-state index contributed by atoms with van der Waals surface area (Å²) in [5.74, 6) is 0.972. The second-order valence-corrected chi connectivity index (χ2v) is 13.3. The van der Waals surface area contributed by atoms with Gasteiger partial charge in [0.2, 0.25) is 5.91 Å². The largest absolute Gasteiger partial charge is 0.497 e. The van der Waals surface area contributed by atoms with E-state index in [-0.39, 0.29) is 17.2 Å². The SMILES string of the molecule is COc1ccc2c(c1)c(CC(=O)N1CCCN(C(=O)OC(C)(C)C)CC1)cn2S(=O)(=O)c1ccc(OC)c2ccccc12. The molecular weight excluding hydrogens is 570 g/mol. The second-order valence-electron chi connectivity index (χ2n) is 11.5. The highest BCUT2D eigenvalue weighted by molar-refractivity contribution is 7.90. The van der Waals surface area contributed by atoms with E-state index in [0.717, 1.165) is 0 Å². The van der Waals surface area contributed by atoms with Crippen LogP contribution < -0.4 is 9.47 Å². The number of nitrogens with zero attached hydrogens (tertiary/aromatic N) is 3. The molecule has 1 saturated heterocycles. The zero-order valence-electron chi connectivity index (χ0n) is 25.1. The van der Waals surface area contributed by atoms with Crippen molar-refractivity contribution in [3.63, 3.8) is 0 Å². The molecule has 0 aliphatic carbocycles. The molecule has 228 valence electrons. The van der Waals surface area contributed by atoms with Crippen LogP contribution in [0.25, 0.3) is 21.7 Å². The number of hydrogen-bond donors (Lipinski definition) is 0. The van der Waals surface area contributed by atoms with Crippen LogP contribution in [0.5, 0.6) is 11.5 Å². The van der Waals surface area contributed by atoms with Crippen molar-refractivity contribution in [1.82, 2.24) is 13.8 Å². The molecule has 0 bridgehead atoms. The third-order valence-corrected chi connectivity index (χ3v) is 9.23. The van der Waals surface area contributed by atoms with Crippen LogP contribution >= 0.6 is 0 Å². The van der Waals surface area contributed by atoms with E-state index in [1.165, 1.54) is 17.3 Å². The smallest absolute Gasteiger partial charge is 0.410 e. The molecule has 0 spiro atoms. The van der Waals surface area contributed by atoms with Gasteiger partial charge in [-0.05, 0) is 63.1 Å². The minimum Gasteiger partial charge on any atom is -0.497 e. The number of carbonyl (C=O) groups is 2. The second kappa shape index (κ2) is 11.8. The van der Waals surface area contributed by atoms with Crippen LogP contribution in [0.2, 0.25) is 0 Å². The first kappa shape index (κ1) is 30.2. The molecule has 0 N–H and O–H groups in total. The minimum absolute atomic E-state index is 0.0119. The predicted molar refractivity (Wildman–Crippen MR) is 164 cm³/mol. The van der Waals surface area contributed by atoms with E-state index < -0.39 is 21.7 Å². The molecule has 1 aromatic heterocycles. The van der Waals surface area contributed by atoms with E-state index in [2.05, 4.69) is 0 Å². The first-order chi connectivity index (χ1) is 20.4. The van der Waals surface area contributed by atoms with Crippen molar-refractivity contribution >= 4 is 43.7 Å². The van der Waals surface area contributed by atoms with Gasteiger partial charge >= 0.3 is 6.09 Å². The van der Waals surface area contributed by atoms with Gasteiger partial charge in [0.25, 0.3) is 10.0 Å². The van der Waals surface area contributed by atoms with Crippen molar-refractivity contribution < 1.29 is 32.2 Å². The quantitative estimate of drug-likeness (QED) is 0.302. The van der Waals surface area contributed by atoms with Crippen LogP contribution in [0.3, 0.4) is 0 Å². The molecule has 0 radical (unpaired) electrons. The Morgan fingerprint density at radius 1 is 0.837 bits per heavy atom. The third kappa shape index (κ3) is 6.13. The fourth-order valence-corrected chi connectivity index (χ4v) is 7.01. The van der Waals surface area contributed by atoms with Crippen molar-refractivity contribution in [1.29, 1.82) is 0 Å². The van der Waals surface area contributed by atoms with Crippen molar-refractivity contribution in [3.8, 4) is 11.5 Å². The molecule has 0 saturated carbocycles. The van der Waals surface area contributed by atoms with Crippen LogP contribution in [-0.4, -0.2) is 80.2 Å². The van der Waals surface area contributed by atoms with Gasteiger partial charge in [0.1, 0.15) is 17.1 Å². The van der Waals surface area contributed by atoms with Crippen molar-refractivity contribution in [2.75, 3.05) is 40.4 Å². The fraction of sp³-hybridized carbons (Fsp3) is 0.375. The van der Waals surface area contributed by atoms with E-state index in [9.17, 15) is 18.0 Å². The molecule has 10 nitrogen and oxygen atoms in total. The van der Waals surface area contributed by atoms with Crippen LogP contribution in [-0.2, 0) is 26.0 Å². The zero-order chi connectivity index (χ0) is 30.9. The summed E-state index contributed by atoms with van der Waals surface area (Å²) < 4.78 is 46.1. The molecule has 1 aliphatic heterocycles. The first-order valence-electron chi connectivity index (χ1n) is 14.2. The lowest BCUT2D eigenvalue weighted by Gasteiger charge is -2.26. The van der Waals surface area contributed by atoms with Gasteiger partial charge in [-0.25, -0.2) is 17.2 Å². The summed E-state index contributed by atoms with van der Waals surface area (Å²) in [6.07, 6.45) is 1.73. The Hall–Kier alpha value is -4.25. The standard InChI is InChI=1S/C32H37N3O7S/c1-32(2,3)42-31(37)34-16-8-15-33(17-18-34)30(36)19-22-21-35(27-12-11-23(40-4)20-26(22)27)43(38,39)29-14-13-28(41-5)24-9-6-7-10-25(24)29/h6-7,9-14,20-21H,8,15-19H2,1-5H3. The minimum atomic E-state index is -4.08. The third-order valence-electron chi connectivity index (χ3n) is 7.50. The number of rotatable bonds is 6. The highest BCUT2D eigenvalue weighted by Crippen LogP contribution is 2.35. The van der Waals surface area contributed by atoms with Crippen LogP contribution in [0, 0.1) is 0 Å². The van der Waals surface area contributed by atoms with E-state index in [1.54, 1.807) is 59.4 Å². The summed E-state index contributed by atoms with van der Waals surface area (Å²) >= 11 is 0. The zero-order valence-corrected chi connectivity index (χ0v) is 25.9. The molecular formula is C32H37N3O7S. The van der Waals surface area contributed by atoms with Crippen molar-refractivity contribution in [3.05, 3.63) is 66.4 Å². The summed E-state index contributed by atoms with van der Waals surface area (Å²) in [7, 11) is -0.991. The Morgan fingerprint density at radius 2 is 1.53 bits per heavy atom. The molecule has 43 heavy (non-hydrogen) atoms. The van der Waals surface area contributed by atoms with Gasteiger partial charge in [0.15, 0.2) is 0 Å². The topological polar surface area (TPSA) is 107 Å². The molecule has 1 aliphatic rings. The van der Waals surface area contributed by atoms with Crippen molar-refractivity contribution in [2.24, 2.45) is 0 Å². The number of ether oxygens (including phenoxy) is 3. The number of fused-ring (bicyclic) bond motifs is 2. The van der Waals surface area contributed by atoms with Gasteiger partial charge in [0.05, 0.1) is 31.1 Å². The van der Waals surface area contributed by atoms with Crippen LogP contribution in [0.4, 0.5) is 4.79 Å². The Morgan fingerprint density at radius 3 is 2.23 bits per heavy atom. The van der Waals surface area contributed by atoms with E-state index in [4.69, 9.17) is 14.2 Å². The van der Waals surface area contributed by atoms with Gasteiger partial charge in [-0.1, -0.05) is 24.3 Å². The Bertz CT molecular complexity index is 1790. The van der Waals surface area contributed by atoms with Gasteiger partial charge in [0, 0.05) is 48.5 Å². The lowest BCUT2D eigenvalue weighted by Crippen LogP contribution is -2.40. The van der Waals surface area contributed by atoms with Gasteiger partial charge in [-0.15, -0.1) is 0 Å². The van der Waals surface area contributed by atoms with Crippen LogP contribution in [0.1, 0.15) is 32.8 Å². The number of carbonyl (C=O) groups excluding carboxylic acids is 2. The highest BCUT2D eigenvalue weighted by Gasteiger charge is 2.28. The molecule has 11 heteroatoms. The number of benzene rings is 3. The number of amides is 2. The van der Waals surface area contributed by atoms with E-state index in [1.807, 2.05) is 32.9 Å². The normalized spacial score (nSPS) is 14.5. The lowest BCUT2D eigenvalue weighted by molar-refractivity contribution is -0.130. The summed E-state index contributed by atoms with van der Waals surface area (Å²) in [5.41, 5.74) is 0.399. The maximum Gasteiger partial charge on any atom is 0.410 e. The molecule has 0 atom stereocenters. The average molecular weight is 608 g/mol. The van der Waals surface area contributed by atoms with Gasteiger partial charge < -0.3 is 24.0 Å². The molecule has 0 unspecified atom stereocenters. The lowest BCUT2D eigenvalue weighted by atomic mass is 10.1. The summed E-state index contributed by atoms with van der Waals surface area (Å²) in [4.78, 5) is 29.7. The predicted octanol–water partition coefficient (Wildman–Crippen LogP) is 5.06. The number of hydrogen-bond acceptors (Lipinski definition) is 7. The van der Waals surface area contributed by atoms with E-state index in [0.29, 0.717) is 71.3 Å². The number of aromatic nitrogens is 1. The molecule has 1 fully saturated rings. The summed E-state index contributed by atoms with van der Waals surface area (Å²) in [6, 6.07) is 15.5. The molecule has 4 aromatic rings. The first-order valence-corrected chi connectivity index (χ1v) is 15.6. The Balaban J connectivity index is 1.47.